The minimum Gasteiger partial charge on any atom is -0.454 e. The molecule has 0 amide bonds. The number of H-pyrrole nitrogens is 2. The van der Waals surface area contributed by atoms with Gasteiger partial charge in [-0.25, -0.2) is 14.8 Å². The zero-order valence-corrected chi connectivity index (χ0v) is 34.7. The summed E-state index contributed by atoms with van der Waals surface area (Å²) in [6.45, 7) is 4.99. The molecule has 8 aromatic rings. The van der Waals surface area contributed by atoms with Crippen molar-refractivity contribution in [1.82, 2.24) is 60.4 Å². The summed E-state index contributed by atoms with van der Waals surface area (Å²) in [5, 5.41) is 29.6. The van der Waals surface area contributed by atoms with E-state index in [4.69, 9.17) is 32.9 Å². The zero-order chi connectivity index (χ0) is 41.4. The number of nitrogens with zero attached hydrogens (tertiary/aromatic N) is 10. The van der Waals surface area contributed by atoms with Crippen LogP contribution in [-0.4, -0.2) is 66.3 Å². The molecule has 0 saturated heterocycles. The number of hydrogen-bond acceptors (Lipinski definition) is 10. The van der Waals surface area contributed by atoms with E-state index < -0.39 is 5.97 Å². The van der Waals surface area contributed by atoms with Crippen LogP contribution in [0.3, 0.4) is 0 Å². The van der Waals surface area contributed by atoms with Crippen LogP contribution in [0.25, 0.3) is 45.0 Å². The Morgan fingerprint density at radius 3 is 1.57 bits per heavy atom. The molecule has 0 spiro atoms. The molecule has 0 unspecified atom stereocenters. The molecule has 8 rings (SSSR count). The van der Waals surface area contributed by atoms with Crippen LogP contribution >= 0.6 is 23.2 Å². The number of benzene rings is 4. The predicted molar refractivity (Wildman–Crippen MR) is 229 cm³/mol. The number of tetrazole rings is 2. The number of carbonyl (C=O) groups is 1. The zero-order valence-electron chi connectivity index (χ0n) is 33.1. The van der Waals surface area contributed by atoms with E-state index in [9.17, 15) is 4.79 Å². The molecular weight excluding hydrogens is 799 g/mol. The van der Waals surface area contributed by atoms with Gasteiger partial charge in [0.25, 0.3) is 0 Å². The SMILES string of the molecule is CCCCc1nc(Cl)c(COC(=O)c2c(Cl)nc(CCCC)n2Cc2ccc(-c3ccccc3-c3nn[nH]n3)cc2)n1Cc1ccc(-c2ccccc2-c2nn[nH]n2)cc1. The highest BCUT2D eigenvalue weighted by atomic mass is 35.5. The van der Waals surface area contributed by atoms with Gasteiger partial charge in [-0.1, -0.05) is 147 Å². The van der Waals surface area contributed by atoms with Crippen molar-refractivity contribution < 1.29 is 9.53 Å². The molecule has 0 aliphatic heterocycles. The van der Waals surface area contributed by atoms with Gasteiger partial charge in [-0.15, -0.1) is 20.4 Å². The van der Waals surface area contributed by atoms with Crippen LogP contribution in [-0.2, 0) is 37.3 Å². The number of aryl methyl sites for hydroxylation is 2. The quantitative estimate of drug-likeness (QED) is 0.0843. The summed E-state index contributed by atoms with van der Waals surface area (Å²) in [5.41, 5.74) is 8.49. The number of imidazole rings is 2. The number of esters is 1. The maximum Gasteiger partial charge on any atom is 0.358 e. The molecule has 4 aromatic heterocycles. The van der Waals surface area contributed by atoms with Gasteiger partial charge in [-0.2, -0.15) is 10.4 Å². The Labute approximate surface area is 356 Å². The van der Waals surface area contributed by atoms with E-state index in [1.165, 1.54) is 0 Å². The molecule has 0 fully saturated rings. The predicted octanol–water partition coefficient (Wildman–Crippen LogP) is 9.22. The number of hydrogen-bond donors (Lipinski definition) is 2. The highest BCUT2D eigenvalue weighted by molar-refractivity contribution is 6.32. The molecule has 14 nitrogen and oxygen atoms in total. The average molecular weight is 842 g/mol. The second-order valence-corrected chi connectivity index (χ2v) is 15.1. The van der Waals surface area contributed by atoms with Gasteiger partial charge in [-0.05, 0) is 56.6 Å². The van der Waals surface area contributed by atoms with Gasteiger partial charge in [0.2, 0.25) is 11.6 Å². The molecule has 16 heteroatoms. The monoisotopic (exact) mass is 840 g/mol. The summed E-state index contributed by atoms with van der Waals surface area (Å²) in [6.07, 6.45) is 5.14. The number of ether oxygens (including phenoxy) is 1. The minimum absolute atomic E-state index is 0.0981. The molecule has 304 valence electrons. The third-order valence-electron chi connectivity index (χ3n) is 10.4. The highest BCUT2D eigenvalue weighted by Crippen LogP contribution is 2.32. The van der Waals surface area contributed by atoms with Crippen LogP contribution in [0.5, 0.6) is 0 Å². The van der Waals surface area contributed by atoms with Crippen molar-refractivity contribution in [3.63, 3.8) is 0 Å². The van der Waals surface area contributed by atoms with Crippen LogP contribution in [0, 0.1) is 0 Å². The second kappa shape index (κ2) is 18.6. The fraction of sp³-hybridized carbons (Fsp3) is 0.250. The van der Waals surface area contributed by atoms with Crippen molar-refractivity contribution >= 4 is 29.2 Å². The first-order valence-corrected chi connectivity index (χ1v) is 20.7. The maximum atomic E-state index is 14.1. The Morgan fingerprint density at radius 1 is 0.617 bits per heavy atom. The van der Waals surface area contributed by atoms with Gasteiger partial charge in [-0.3, -0.25) is 0 Å². The molecular formula is C44H42Cl2N12O2. The first-order valence-electron chi connectivity index (χ1n) is 19.9. The van der Waals surface area contributed by atoms with E-state index in [0.29, 0.717) is 47.8 Å². The third-order valence-corrected chi connectivity index (χ3v) is 11.0. The fourth-order valence-electron chi connectivity index (χ4n) is 7.27. The van der Waals surface area contributed by atoms with Gasteiger partial charge >= 0.3 is 5.97 Å². The summed E-state index contributed by atoms with van der Waals surface area (Å²) in [6, 6.07) is 32.3. The highest BCUT2D eigenvalue weighted by Gasteiger charge is 2.26. The van der Waals surface area contributed by atoms with Crippen LogP contribution in [0.4, 0.5) is 0 Å². The second-order valence-electron chi connectivity index (χ2n) is 14.3. The Hall–Kier alpha value is -6.51. The summed E-state index contributed by atoms with van der Waals surface area (Å²) in [4.78, 5) is 23.5. The Kier molecular flexibility index (Phi) is 12.5. The molecule has 4 aromatic carbocycles. The number of unbranched alkanes of at least 4 members (excludes halogenated alkanes) is 2. The average Bonchev–Trinajstić information content (AvgIpc) is 4.11. The molecule has 0 atom stereocenters. The van der Waals surface area contributed by atoms with Crippen molar-refractivity contribution in [1.29, 1.82) is 0 Å². The van der Waals surface area contributed by atoms with Gasteiger partial charge in [0.15, 0.2) is 16.0 Å². The van der Waals surface area contributed by atoms with Gasteiger partial charge < -0.3 is 13.9 Å². The van der Waals surface area contributed by atoms with Crippen molar-refractivity contribution in [3.8, 4) is 45.0 Å². The van der Waals surface area contributed by atoms with Crippen molar-refractivity contribution in [2.75, 3.05) is 0 Å². The lowest BCUT2D eigenvalue weighted by atomic mass is 9.98. The Morgan fingerprint density at radius 2 is 1.08 bits per heavy atom. The number of carbonyl (C=O) groups excluding carboxylic acids is 1. The minimum atomic E-state index is -0.593. The smallest absolute Gasteiger partial charge is 0.358 e. The summed E-state index contributed by atoms with van der Waals surface area (Å²) in [5.74, 6) is 1.99. The van der Waals surface area contributed by atoms with Crippen LogP contribution in [0.2, 0.25) is 10.3 Å². The maximum absolute atomic E-state index is 14.1. The first-order chi connectivity index (χ1) is 29.4. The number of aromatic nitrogens is 12. The molecule has 0 saturated carbocycles. The van der Waals surface area contributed by atoms with E-state index in [0.717, 1.165) is 82.4 Å². The first kappa shape index (κ1) is 40.3. The summed E-state index contributed by atoms with van der Waals surface area (Å²) in [7, 11) is 0. The third kappa shape index (κ3) is 8.75. The van der Waals surface area contributed by atoms with Crippen LogP contribution < -0.4 is 0 Å². The molecule has 0 radical (unpaired) electrons. The van der Waals surface area contributed by atoms with Crippen LogP contribution in [0.15, 0.2) is 97.1 Å². The van der Waals surface area contributed by atoms with Crippen molar-refractivity contribution in [2.45, 2.75) is 72.1 Å². The number of nitrogens with one attached hydrogen (secondary N) is 2. The normalized spacial score (nSPS) is 11.3. The number of halogens is 2. The van der Waals surface area contributed by atoms with E-state index in [1.54, 1.807) is 0 Å². The van der Waals surface area contributed by atoms with Gasteiger partial charge in [0, 0.05) is 37.1 Å². The standard InChI is InChI=1S/C44H42Cl2N12O2/c1-3-5-15-37-47-40(45)36(57(37)25-28-17-21-30(22-18-28)32-11-7-9-13-34(32)42-49-53-54-50-42)27-60-44(59)39-41(46)48-38(16-6-4-2)58(39)26-29-19-23-31(24-20-29)33-12-8-10-14-35(33)43-51-55-56-52-43/h7-14,17-24H,3-6,15-16,25-27H2,1-2H3,(H,49,50,53,54)(H,51,52,55,56). The largest absolute Gasteiger partial charge is 0.454 e. The molecule has 0 bridgehead atoms. The number of aromatic amines is 2. The lowest BCUT2D eigenvalue weighted by molar-refractivity contribution is 0.0451. The Balaban J connectivity index is 1.03. The van der Waals surface area contributed by atoms with E-state index >= 15 is 0 Å². The number of rotatable bonds is 17. The summed E-state index contributed by atoms with van der Waals surface area (Å²) >= 11 is 13.6. The van der Waals surface area contributed by atoms with E-state index in [1.807, 2.05) is 77.4 Å². The molecule has 0 aliphatic carbocycles. The van der Waals surface area contributed by atoms with E-state index in [-0.39, 0.29) is 17.5 Å². The van der Waals surface area contributed by atoms with Crippen molar-refractivity contribution in [3.05, 3.63) is 142 Å². The molecule has 4 heterocycles. The topological polar surface area (TPSA) is 171 Å². The van der Waals surface area contributed by atoms with Gasteiger partial charge in [0.1, 0.15) is 18.3 Å². The summed E-state index contributed by atoms with van der Waals surface area (Å²) < 4.78 is 9.97. The van der Waals surface area contributed by atoms with E-state index in [2.05, 4.69) is 88.9 Å². The lowest BCUT2D eigenvalue weighted by Gasteiger charge is -2.15. The van der Waals surface area contributed by atoms with Crippen molar-refractivity contribution in [2.24, 2.45) is 0 Å². The Bertz CT molecular complexity index is 2670. The lowest BCUT2D eigenvalue weighted by Crippen LogP contribution is -2.17. The fourth-order valence-corrected chi connectivity index (χ4v) is 7.80. The molecule has 0 aliphatic rings. The molecule has 2 N–H and O–H groups in total. The van der Waals surface area contributed by atoms with Gasteiger partial charge in [0.05, 0.1) is 5.69 Å². The molecule has 60 heavy (non-hydrogen) atoms. The van der Waals surface area contributed by atoms with Crippen LogP contribution in [0.1, 0.15) is 78.5 Å².